The first-order valence-corrected chi connectivity index (χ1v) is 6.50. The molecule has 0 aliphatic carbocycles. The van der Waals surface area contributed by atoms with Crippen LogP contribution in [0, 0.1) is 6.92 Å². The molecule has 2 heterocycles. The second-order valence-electron chi connectivity index (χ2n) is 4.90. The molecule has 1 aliphatic rings. The molecule has 1 atom stereocenters. The average Bonchev–Trinajstić information content (AvgIpc) is 2.97. The summed E-state index contributed by atoms with van der Waals surface area (Å²) in [5, 5.41) is 9.63. The molecular weight excluding hydrogens is 228 g/mol. The number of aliphatic hydroxyl groups is 1. The topological polar surface area (TPSA) is 49.5 Å². The first-order valence-electron chi connectivity index (χ1n) is 6.50. The Morgan fingerprint density at radius 1 is 1.39 bits per heavy atom. The summed E-state index contributed by atoms with van der Waals surface area (Å²) in [7, 11) is 0. The molecule has 3 rings (SSSR count). The monoisotopic (exact) mass is 246 g/mol. The van der Waals surface area contributed by atoms with Crippen LogP contribution in [0.5, 0.6) is 0 Å². The summed E-state index contributed by atoms with van der Waals surface area (Å²) in [6.45, 7) is 4.15. The van der Waals surface area contributed by atoms with Crippen LogP contribution in [0.2, 0.25) is 0 Å². The van der Waals surface area contributed by atoms with Gasteiger partial charge in [-0.05, 0) is 43.6 Å². The van der Waals surface area contributed by atoms with Crippen LogP contribution in [0.1, 0.15) is 30.3 Å². The largest absolute Gasteiger partial charge is 0.441 e. The van der Waals surface area contributed by atoms with Gasteiger partial charge in [0.2, 0.25) is 0 Å². The van der Waals surface area contributed by atoms with Crippen LogP contribution in [0.4, 0.5) is 0 Å². The average molecular weight is 246 g/mol. The van der Waals surface area contributed by atoms with Crippen molar-refractivity contribution in [1.29, 1.82) is 0 Å². The number of rotatable bonds is 3. The van der Waals surface area contributed by atoms with E-state index < -0.39 is 0 Å². The number of fused-ring (bicyclic) bond motifs is 1. The molecule has 1 aromatic carbocycles. The minimum absolute atomic E-state index is 0.0916. The summed E-state index contributed by atoms with van der Waals surface area (Å²) in [5.41, 5.74) is 2.82. The number of aryl methyl sites for hydroxylation is 1. The van der Waals surface area contributed by atoms with E-state index in [-0.39, 0.29) is 12.6 Å². The van der Waals surface area contributed by atoms with E-state index in [1.165, 1.54) is 12.8 Å². The molecule has 0 amide bonds. The van der Waals surface area contributed by atoms with Gasteiger partial charge in [0.15, 0.2) is 11.5 Å². The van der Waals surface area contributed by atoms with E-state index in [9.17, 15) is 5.11 Å². The minimum Gasteiger partial charge on any atom is -0.441 e. The molecule has 1 aromatic heterocycles. The van der Waals surface area contributed by atoms with E-state index in [1.807, 2.05) is 25.1 Å². The molecule has 2 aromatic rings. The Morgan fingerprint density at radius 2 is 2.17 bits per heavy atom. The summed E-state index contributed by atoms with van der Waals surface area (Å²) in [6, 6.07) is 6.11. The maximum absolute atomic E-state index is 9.63. The van der Waals surface area contributed by atoms with E-state index in [0.717, 1.165) is 29.8 Å². The van der Waals surface area contributed by atoms with Crippen molar-refractivity contribution in [1.82, 2.24) is 9.88 Å². The Labute approximate surface area is 106 Å². The highest BCUT2D eigenvalue weighted by molar-refractivity contribution is 5.73. The number of benzene rings is 1. The van der Waals surface area contributed by atoms with Crippen LogP contribution >= 0.6 is 0 Å². The fourth-order valence-electron chi connectivity index (χ4n) is 2.75. The molecule has 4 heteroatoms. The smallest absolute Gasteiger partial charge is 0.192 e. The van der Waals surface area contributed by atoms with Gasteiger partial charge in [0, 0.05) is 6.92 Å². The van der Waals surface area contributed by atoms with Gasteiger partial charge in [-0.1, -0.05) is 6.07 Å². The van der Waals surface area contributed by atoms with Crippen LogP contribution in [-0.2, 0) is 0 Å². The lowest BCUT2D eigenvalue weighted by molar-refractivity contribution is 0.147. The number of aliphatic hydroxyl groups excluding tert-OH is 1. The number of hydrogen-bond donors (Lipinski definition) is 1. The van der Waals surface area contributed by atoms with Gasteiger partial charge in [-0.2, -0.15) is 0 Å². The fraction of sp³-hybridized carbons (Fsp3) is 0.500. The highest BCUT2D eigenvalue weighted by Crippen LogP contribution is 2.27. The van der Waals surface area contributed by atoms with Gasteiger partial charge in [-0.15, -0.1) is 0 Å². The lowest BCUT2D eigenvalue weighted by Gasteiger charge is -2.25. The molecule has 0 saturated carbocycles. The number of oxazole rings is 1. The van der Waals surface area contributed by atoms with Crippen molar-refractivity contribution in [3.8, 4) is 0 Å². The molecule has 1 unspecified atom stereocenters. The maximum atomic E-state index is 9.63. The summed E-state index contributed by atoms with van der Waals surface area (Å²) in [4.78, 5) is 6.69. The minimum atomic E-state index is 0.0916. The highest BCUT2D eigenvalue weighted by Gasteiger charge is 2.23. The molecule has 0 spiro atoms. The standard InChI is InChI=1S/C14H18N2O2/c1-10-15-12-8-11(4-5-14(12)18-10)13(9-17)16-6-2-3-7-16/h4-5,8,13,17H,2-3,6-7,9H2,1H3. The van der Waals surface area contributed by atoms with Crippen LogP contribution in [0.25, 0.3) is 11.1 Å². The summed E-state index contributed by atoms with van der Waals surface area (Å²) in [5.74, 6) is 0.684. The molecule has 96 valence electrons. The van der Waals surface area contributed by atoms with Gasteiger partial charge in [0.05, 0.1) is 12.6 Å². The van der Waals surface area contributed by atoms with E-state index >= 15 is 0 Å². The Hall–Kier alpha value is -1.39. The lowest BCUT2D eigenvalue weighted by Crippen LogP contribution is -2.28. The van der Waals surface area contributed by atoms with Gasteiger partial charge in [-0.25, -0.2) is 4.98 Å². The van der Waals surface area contributed by atoms with Crippen molar-refractivity contribution >= 4 is 11.1 Å². The van der Waals surface area contributed by atoms with Gasteiger partial charge >= 0.3 is 0 Å². The summed E-state index contributed by atoms with van der Waals surface area (Å²) in [6.07, 6.45) is 2.45. The van der Waals surface area contributed by atoms with Crippen LogP contribution in [0.15, 0.2) is 22.6 Å². The SMILES string of the molecule is Cc1nc2cc(C(CO)N3CCCC3)ccc2o1. The molecule has 18 heavy (non-hydrogen) atoms. The Bertz CT molecular complexity index is 544. The Balaban J connectivity index is 1.95. The van der Waals surface area contributed by atoms with E-state index in [2.05, 4.69) is 9.88 Å². The predicted molar refractivity (Wildman–Crippen MR) is 69.4 cm³/mol. The number of likely N-dealkylation sites (tertiary alicyclic amines) is 1. The normalized spacial score (nSPS) is 18.6. The van der Waals surface area contributed by atoms with Crippen LogP contribution in [0.3, 0.4) is 0 Å². The molecule has 0 bridgehead atoms. The van der Waals surface area contributed by atoms with Crippen molar-refractivity contribution < 1.29 is 9.52 Å². The van der Waals surface area contributed by atoms with Gasteiger partial charge < -0.3 is 9.52 Å². The van der Waals surface area contributed by atoms with Crippen LogP contribution < -0.4 is 0 Å². The molecule has 1 fully saturated rings. The van der Waals surface area contributed by atoms with Crippen molar-refractivity contribution in [3.63, 3.8) is 0 Å². The first-order chi connectivity index (χ1) is 8.78. The van der Waals surface area contributed by atoms with Gasteiger partial charge in [-0.3, -0.25) is 4.90 Å². The summed E-state index contributed by atoms with van der Waals surface area (Å²) >= 11 is 0. The second kappa shape index (κ2) is 4.71. The third kappa shape index (κ3) is 2.02. The first kappa shape index (κ1) is 11.7. The van der Waals surface area contributed by atoms with Crippen molar-refractivity contribution in [2.45, 2.75) is 25.8 Å². The predicted octanol–water partition coefficient (Wildman–Crippen LogP) is 2.27. The summed E-state index contributed by atoms with van der Waals surface area (Å²) < 4.78 is 5.47. The Morgan fingerprint density at radius 3 is 2.89 bits per heavy atom. The highest BCUT2D eigenvalue weighted by atomic mass is 16.3. The van der Waals surface area contributed by atoms with Crippen molar-refractivity contribution in [2.24, 2.45) is 0 Å². The zero-order valence-electron chi connectivity index (χ0n) is 10.6. The molecule has 4 nitrogen and oxygen atoms in total. The zero-order chi connectivity index (χ0) is 12.5. The van der Waals surface area contributed by atoms with Crippen molar-refractivity contribution in [3.05, 3.63) is 29.7 Å². The molecule has 1 aliphatic heterocycles. The zero-order valence-corrected chi connectivity index (χ0v) is 10.6. The second-order valence-corrected chi connectivity index (χ2v) is 4.90. The van der Waals surface area contributed by atoms with Crippen molar-refractivity contribution in [2.75, 3.05) is 19.7 Å². The van der Waals surface area contributed by atoms with E-state index in [4.69, 9.17) is 4.42 Å². The maximum Gasteiger partial charge on any atom is 0.192 e. The van der Waals surface area contributed by atoms with E-state index in [1.54, 1.807) is 0 Å². The third-order valence-electron chi connectivity index (χ3n) is 3.66. The quantitative estimate of drug-likeness (QED) is 0.902. The molecule has 1 N–H and O–H groups in total. The van der Waals surface area contributed by atoms with E-state index in [0.29, 0.717) is 5.89 Å². The van der Waals surface area contributed by atoms with Gasteiger partial charge in [0.25, 0.3) is 0 Å². The van der Waals surface area contributed by atoms with Gasteiger partial charge in [0.1, 0.15) is 5.52 Å². The fourth-order valence-corrected chi connectivity index (χ4v) is 2.75. The molecular formula is C14H18N2O2. The third-order valence-corrected chi connectivity index (χ3v) is 3.66. The Kier molecular flexibility index (Phi) is 3.06. The molecule has 1 saturated heterocycles. The number of nitrogens with zero attached hydrogens (tertiary/aromatic N) is 2. The van der Waals surface area contributed by atoms with Crippen LogP contribution in [-0.4, -0.2) is 34.7 Å². The molecule has 0 radical (unpaired) electrons. The number of hydrogen-bond acceptors (Lipinski definition) is 4. The number of aromatic nitrogens is 1. The lowest BCUT2D eigenvalue weighted by atomic mass is 10.1.